The molecule has 1 aromatic rings. The van der Waals surface area contributed by atoms with Crippen LogP contribution in [0.3, 0.4) is 0 Å². The van der Waals surface area contributed by atoms with Crippen molar-refractivity contribution >= 4 is 29.3 Å². The van der Waals surface area contributed by atoms with Gasteiger partial charge in [-0.15, -0.1) is 11.8 Å². The summed E-state index contributed by atoms with van der Waals surface area (Å²) >= 11 is 7.23. The Kier molecular flexibility index (Phi) is 4.94. The number of hydrogen-bond acceptors (Lipinski definition) is 3. The van der Waals surface area contributed by atoms with E-state index in [2.05, 4.69) is 0 Å². The molecule has 0 spiro atoms. The van der Waals surface area contributed by atoms with Crippen LogP contribution in [0.15, 0.2) is 24.3 Å². The number of carboxylic acid groups (broad SMARTS) is 1. The number of rotatable bonds is 5. The first-order valence-corrected chi connectivity index (χ1v) is 5.85. The van der Waals surface area contributed by atoms with E-state index < -0.39 is 11.2 Å². The molecule has 3 N–H and O–H groups in total. The van der Waals surface area contributed by atoms with Crippen LogP contribution in [0.4, 0.5) is 0 Å². The fourth-order valence-corrected chi connectivity index (χ4v) is 2.24. The second kappa shape index (κ2) is 6.00. The van der Waals surface area contributed by atoms with Crippen LogP contribution in [-0.4, -0.2) is 22.9 Å². The molecule has 0 saturated carbocycles. The largest absolute Gasteiger partial charge is 0.480 e. The quantitative estimate of drug-likeness (QED) is 0.833. The van der Waals surface area contributed by atoms with Gasteiger partial charge in [0.05, 0.1) is 0 Å². The number of carbonyl (C=O) groups is 1. The first-order valence-electron chi connectivity index (χ1n) is 4.43. The Bertz CT molecular complexity index is 346. The lowest BCUT2D eigenvalue weighted by Gasteiger charge is -2.09. The molecule has 15 heavy (non-hydrogen) atoms. The first-order chi connectivity index (χ1) is 7.15. The molecule has 3 nitrogen and oxygen atoms in total. The molecule has 0 aliphatic carbocycles. The van der Waals surface area contributed by atoms with Crippen molar-refractivity contribution in [2.24, 2.45) is 5.73 Å². The maximum absolute atomic E-state index is 10.7. The summed E-state index contributed by atoms with van der Waals surface area (Å²) in [5, 5.41) is 8.88. The van der Waals surface area contributed by atoms with Gasteiger partial charge in [0, 0.05) is 17.3 Å². The number of halogens is 1. The van der Waals surface area contributed by atoms with Crippen molar-refractivity contribution in [3.63, 3.8) is 0 Å². The summed E-state index contributed by atoms with van der Waals surface area (Å²) in [5.41, 5.74) is 6.28. The van der Waals surface area contributed by atoms with Gasteiger partial charge < -0.3 is 10.8 Å². The van der Waals surface area contributed by atoms with Crippen LogP contribution >= 0.6 is 23.4 Å². The maximum Gasteiger partial charge on any atom is 0.317 e. The van der Waals surface area contributed by atoms with Gasteiger partial charge in [0.15, 0.2) is 0 Å². The Hall–Kier alpha value is -0.710. The molecule has 1 unspecified atom stereocenters. The second-order valence-corrected chi connectivity index (χ2v) is 4.56. The summed E-state index contributed by atoms with van der Waals surface area (Å²) < 4.78 is 0. The van der Waals surface area contributed by atoms with Gasteiger partial charge in [0.25, 0.3) is 0 Å². The minimum atomic E-state index is -0.880. The Labute approximate surface area is 97.6 Å². The highest BCUT2D eigenvalue weighted by Crippen LogP contribution is 2.23. The third-order valence-electron chi connectivity index (χ3n) is 1.89. The van der Waals surface area contributed by atoms with E-state index in [1.807, 2.05) is 18.2 Å². The first kappa shape index (κ1) is 12.4. The molecule has 0 bridgehead atoms. The van der Waals surface area contributed by atoms with E-state index in [0.717, 1.165) is 5.56 Å². The van der Waals surface area contributed by atoms with E-state index in [1.54, 1.807) is 6.07 Å². The van der Waals surface area contributed by atoms with E-state index in [4.69, 9.17) is 22.4 Å². The summed E-state index contributed by atoms with van der Waals surface area (Å²) in [4.78, 5) is 10.7. The highest BCUT2D eigenvalue weighted by atomic mass is 35.5. The average Bonchev–Trinajstić information content (AvgIpc) is 2.21. The Morgan fingerprint density at radius 2 is 2.20 bits per heavy atom. The van der Waals surface area contributed by atoms with Crippen molar-refractivity contribution in [2.75, 3.05) is 6.54 Å². The van der Waals surface area contributed by atoms with Gasteiger partial charge in [0.1, 0.15) is 5.25 Å². The zero-order valence-corrected chi connectivity index (χ0v) is 9.59. The molecule has 82 valence electrons. The van der Waals surface area contributed by atoms with Crippen molar-refractivity contribution < 1.29 is 9.90 Å². The number of benzene rings is 1. The zero-order chi connectivity index (χ0) is 11.3. The van der Waals surface area contributed by atoms with Crippen molar-refractivity contribution in [1.29, 1.82) is 0 Å². The van der Waals surface area contributed by atoms with E-state index in [-0.39, 0.29) is 6.54 Å². The summed E-state index contributed by atoms with van der Waals surface area (Å²) in [6, 6.07) is 7.38. The molecule has 0 aliphatic heterocycles. The van der Waals surface area contributed by atoms with Crippen LogP contribution < -0.4 is 5.73 Å². The predicted molar refractivity (Wildman–Crippen MR) is 63.2 cm³/mol. The number of thioether (sulfide) groups is 1. The normalized spacial score (nSPS) is 12.4. The molecular weight excluding hydrogens is 234 g/mol. The molecule has 0 amide bonds. The van der Waals surface area contributed by atoms with Crippen LogP contribution in [0, 0.1) is 0 Å². The van der Waals surface area contributed by atoms with Crippen LogP contribution in [0.25, 0.3) is 0 Å². The minimum absolute atomic E-state index is 0.129. The van der Waals surface area contributed by atoms with Crippen molar-refractivity contribution in [2.45, 2.75) is 11.0 Å². The second-order valence-electron chi connectivity index (χ2n) is 2.96. The van der Waals surface area contributed by atoms with Gasteiger partial charge in [-0.2, -0.15) is 0 Å². The van der Waals surface area contributed by atoms with Crippen LogP contribution in [0.2, 0.25) is 5.02 Å². The Morgan fingerprint density at radius 3 is 2.73 bits per heavy atom. The predicted octanol–water partition coefficient (Wildman–Crippen LogP) is 1.99. The fraction of sp³-hybridized carbons (Fsp3) is 0.300. The molecule has 5 heteroatoms. The molecule has 0 aliphatic rings. The lowest BCUT2D eigenvalue weighted by atomic mass is 10.2. The monoisotopic (exact) mass is 245 g/mol. The standard InChI is InChI=1S/C10H12ClNO2S/c11-8-4-2-1-3-7(8)6-15-9(5-12)10(13)14/h1-4,9H,5-6,12H2,(H,13,14). The minimum Gasteiger partial charge on any atom is -0.480 e. The lowest BCUT2D eigenvalue weighted by Crippen LogP contribution is -2.26. The average molecular weight is 246 g/mol. The fourth-order valence-electron chi connectivity index (χ4n) is 1.05. The van der Waals surface area contributed by atoms with Crippen LogP contribution in [0.5, 0.6) is 0 Å². The SMILES string of the molecule is NCC(SCc1ccccc1Cl)C(=O)O. The molecule has 0 radical (unpaired) electrons. The maximum atomic E-state index is 10.7. The molecule has 0 heterocycles. The Balaban J connectivity index is 2.56. The molecule has 1 aromatic carbocycles. The Morgan fingerprint density at radius 1 is 1.53 bits per heavy atom. The molecule has 1 rings (SSSR count). The lowest BCUT2D eigenvalue weighted by molar-refractivity contribution is -0.136. The highest BCUT2D eigenvalue weighted by molar-refractivity contribution is 7.99. The third kappa shape index (κ3) is 3.74. The molecule has 0 fully saturated rings. The zero-order valence-electron chi connectivity index (χ0n) is 8.02. The van der Waals surface area contributed by atoms with E-state index in [0.29, 0.717) is 10.8 Å². The van der Waals surface area contributed by atoms with Gasteiger partial charge >= 0.3 is 5.97 Å². The number of nitrogens with two attached hydrogens (primary N) is 1. The number of carboxylic acids is 1. The molecular formula is C10H12ClNO2S. The summed E-state index contributed by atoms with van der Waals surface area (Å²) in [6.07, 6.45) is 0. The molecule has 0 aromatic heterocycles. The van der Waals surface area contributed by atoms with Gasteiger partial charge in [-0.3, -0.25) is 4.79 Å². The van der Waals surface area contributed by atoms with E-state index in [9.17, 15) is 4.79 Å². The summed E-state index contributed by atoms with van der Waals surface area (Å²) in [5.74, 6) is -0.317. The number of aliphatic carboxylic acids is 1. The van der Waals surface area contributed by atoms with Gasteiger partial charge in [-0.1, -0.05) is 29.8 Å². The topological polar surface area (TPSA) is 63.3 Å². The highest BCUT2D eigenvalue weighted by Gasteiger charge is 2.15. The summed E-state index contributed by atoms with van der Waals surface area (Å²) in [7, 11) is 0. The molecule has 0 saturated heterocycles. The van der Waals surface area contributed by atoms with Crippen molar-refractivity contribution in [3.05, 3.63) is 34.9 Å². The number of hydrogen-bond donors (Lipinski definition) is 2. The van der Waals surface area contributed by atoms with Gasteiger partial charge in [-0.05, 0) is 11.6 Å². The van der Waals surface area contributed by atoms with E-state index in [1.165, 1.54) is 11.8 Å². The summed E-state index contributed by atoms with van der Waals surface area (Å²) in [6.45, 7) is 0.129. The van der Waals surface area contributed by atoms with Gasteiger partial charge in [-0.25, -0.2) is 0 Å². The third-order valence-corrected chi connectivity index (χ3v) is 3.53. The van der Waals surface area contributed by atoms with Crippen LogP contribution in [0.1, 0.15) is 5.56 Å². The molecule has 1 atom stereocenters. The smallest absolute Gasteiger partial charge is 0.317 e. The van der Waals surface area contributed by atoms with Gasteiger partial charge in [0.2, 0.25) is 0 Å². The van der Waals surface area contributed by atoms with E-state index >= 15 is 0 Å². The van der Waals surface area contributed by atoms with Crippen molar-refractivity contribution in [3.8, 4) is 0 Å². The van der Waals surface area contributed by atoms with Crippen LogP contribution in [-0.2, 0) is 10.5 Å². The van der Waals surface area contributed by atoms with Crippen molar-refractivity contribution in [1.82, 2.24) is 0 Å².